The molecule has 78 valence electrons. The van der Waals surface area contributed by atoms with Crippen LogP contribution in [-0.2, 0) is 6.42 Å². The average molecular weight is 203 g/mol. The number of rotatable bonds is 3. The van der Waals surface area contributed by atoms with Crippen LogP contribution in [0, 0.1) is 5.82 Å². The van der Waals surface area contributed by atoms with Gasteiger partial charge in [-0.2, -0.15) is 0 Å². The SMILES string of the molecule is CC(C)c1cnc(CC(F)F)c(F)c1. The summed E-state index contributed by atoms with van der Waals surface area (Å²) in [5.41, 5.74) is 0.560. The highest BCUT2D eigenvalue weighted by molar-refractivity contribution is 5.19. The zero-order valence-electron chi connectivity index (χ0n) is 8.10. The summed E-state index contributed by atoms with van der Waals surface area (Å²) in [4.78, 5) is 3.68. The second-order valence-corrected chi connectivity index (χ2v) is 3.45. The van der Waals surface area contributed by atoms with Gasteiger partial charge >= 0.3 is 0 Å². The summed E-state index contributed by atoms with van der Waals surface area (Å²) >= 11 is 0. The van der Waals surface area contributed by atoms with Crippen molar-refractivity contribution in [2.75, 3.05) is 0 Å². The van der Waals surface area contributed by atoms with Crippen molar-refractivity contribution in [1.29, 1.82) is 0 Å². The summed E-state index contributed by atoms with van der Waals surface area (Å²) in [6.45, 7) is 3.78. The van der Waals surface area contributed by atoms with Crippen LogP contribution in [0.3, 0.4) is 0 Å². The minimum atomic E-state index is -2.55. The summed E-state index contributed by atoms with van der Waals surface area (Å²) in [6, 6.07) is 1.27. The predicted octanol–water partition coefficient (Wildman–Crippen LogP) is 3.15. The molecule has 0 aliphatic rings. The molecule has 0 bridgehead atoms. The van der Waals surface area contributed by atoms with E-state index < -0.39 is 18.7 Å². The quantitative estimate of drug-likeness (QED) is 0.735. The van der Waals surface area contributed by atoms with Crippen LogP contribution in [0.2, 0.25) is 0 Å². The molecule has 1 aromatic heterocycles. The largest absolute Gasteiger partial charge is 0.258 e. The normalized spacial score (nSPS) is 11.4. The fraction of sp³-hybridized carbons (Fsp3) is 0.500. The number of aromatic nitrogens is 1. The van der Waals surface area contributed by atoms with Crippen molar-refractivity contribution in [1.82, 2.24) is 4.98 Å². The van der Waals surface area contributed by atoms with Crippen LogP contribution in [-0.4, -0.2) is 11.4 Å². The predicted molar refractivity (Wildman–Crippen MR) is 48.0 cm³/mol. The van der Waals surface area contributed by atoms with Crippen molar-refractivity contribution in [2.24, 2.45) is 0 Å². The topological polar surface area (TPSA) is 12.9 Å². The minimum absolute atomic E-state index is 0.151. The summed E-state index contributed by atoms with van der Waals surface area (Å²) in [5, 5.41) is 0. The third-order valence-electron chi connectivity index (χ3n) is 1.95. The van der Waals surface area contributed by atoms with E-state index in [1.54, 1.807) is 0 Å². The Balaban J connectivity index is 2.90. The molecule has 4 heteroatoms. The molecule has 0 N–H and O–H groups in total. The third-order valence-corrected chi connectivity index (χ3v) is 1.95. The van der Waals surface area contributed by atoms with Crippen LogP contribution in [0.5, 0.6) is 0 Å². The molecular weight excluding hydrogens is 191 g/mol. The van der Waals surface area contributed by atoms with E-state index in [1.165, 1.54) is 12.3 Å². The molecule has 1 rings (SSSR count). The Kier molecular flexibility index (Phi) is 3.49. The molecule has 0 atom stereocenters. The molecular formula is C10H12F3N. The highest BCUT2D eigenvalue weighted by Gasteiger charge is 2.12. The zero-order valence-corrected chi connectivity index (χ0v) is 8.10. The molecule has 1 nitrogen and oxygen atoms in total. The number of nitrogens with zero attached hydrogens (tertiary/aromatic N) is 1. The van der Waals surface area contributed by atoms with E-state index in [2.05, 4.69) is 4.98 Å². The van der Waals surface area contributed by atoms with Gasteiger partial charge in [-0.3, -0.25) is 4.98 Å². The monoisotopic (exact) mass is 203 g/mol. The van der Waals surface area contributed by atoms with Crippen LogP contribution >= 0.6 is 0 Å². The molecule has 0 unspecified atom stereocenters. The van der Waals surface area contributed by atoms with Gasteiger partial charge in [0.2, 0.25) is 6.43 Å². The molecule has 14 heavy (non-hydrogen) atoms. The lowest BCUT2D eigenvalue weighted by molar-refractivity contribution is 0.146. The smallest absolute Gasteiger partial charge is 0.244 e. The van der Waals surface area contributed by atoms with Crippen LogP contribution < -0.4 is 0 Å². The maximum absolute atomic E-state index is 13.2. The summed E-state index contributed by atoms with van der Waals surface area (Å²) in [6.07, 6.45) is -1.72. The Labute approximate surface area is 81.0 Å². The molecule has 0 saturated carbocycles. The van der Waals surface area contributed by atoms with Crippen LogP contribution in [0.1, 0.15) is 31.0 Å². The first-order valence-electron chi connectivity index (χ1n) is 4.43. The fourth-order valence-corrected chi connectivity index (χ4v) is 1.09. The number of halogens is 3. The summed E-state index contributed by atoms with van der Waals surface area (Å²) in [5.74, 6) is -0.492. The molecule has 1 aromatic rings. The minimum Gasteiger partial charge on any atom is -0.258 e. The van der Waals surface area contributed by atoms with E-state index in [-0.39, 0.29) is 11.6 Å². The molecule has 0 spiro atoms. The Morgan fingerprint density at radius 2 is 2.00 bits per heavy atom. The van der Waals surface area contributed by atoms with Gasteiger partial charge in [-0.25, -0.2) is 13.2 Å². The summed E-state index contributed by atoms with van der Waals surface area (Å²) in [7, 11) is 0. The van der Waals surface area contributed by atoms with E-state index in [1.807, 2.05) is 13.8 Å². The highest BCUT2D eigenvalue weighted by Crippen LogP contribution is 2.17. The van der Waals surface area contributed by atoms with E-state index in [4.69, 9.17) is 0 Å². The molecule has 0 aromatic carbocycles. The Hall–Kier alpha value is -1.06. The summed E-state index contributed by atoms with van der Waals surface area (Å²) < 4.78 is 37.1. The highest BCUT2D eigenvalue weighted by atomic mass is 19.3. The Bertz CT molecular complexity index is 310. The van der Waals surface area contributed by atoms with E-state index in [0.717, 1.165) is 5.56 Å². The van der Waals surface area contributed by atoms with Gasteiger partial charge in [-0.1, -0.05) is 13.8 Å². The maximum atomic E-state index is 13.2. The first kappa shape index (κ1) is 11.0. The second-order valence-electron chi connectivity index (χ2n) is 3.45. The van der Waals surface area contributed by atoms with Gasteiger partial charge in [0, 0.05) is 6.20 Å². The molecule has 0 aliphatic carbocycles. The molecule has 0 fully saturated rings. The van der Waals surface area contributed by atoms with Gasteiger partial charge in [-0.05, 0) is 17.5 Å². The van der Waals surface area contributed by atoms with Crippen LogP contribution in [0.4, 0.5) is 13.2 Å². The van der Waals surface area contributed by atoms with Crippen LogP contribution in [0.25, 0.3) is 0 Å². The number of alkyl halides is 2. The van der Waals surface area contributed by atoms with Gasteiger partial charge in [0.05, 0.1) is 12.1 Å². The van der Waals surface area contributed by atoms with Crippen molar-refractivity contribution in [3.8, 4) is 0 Å². The van der Waals surface area contributed by atoms with Gasteiger partial charge in [0.25, 0.3) is 0 Å². The van der Waals surface area contributed by atoms with E-state index in [0.29, 0.717) is 0 Å². The number of pyridine rings is 1. The van der Waals surface area contributed by atoms with Gasteiger partial charge in [0.15, 0.2) is 0 Å². The van der Waals surface area contributed by atoms with Crippen molar-refractivity contribution < 1.29 is 13.2 Å². The molecule has 0 aliphatic heterocycles. The van der Waals surface area contributed by atoms with Crippen LogP contribution in [0.15, 0.2) is 12.3 Å². The molecule has 1 heterocycles. The third kappa shape index (κ3) is 2.72. The zero-order chi connectivity index (χ0) is 10.7. The van der Waals surface area contributed by atoms with Gasteiger partial charge in [-0.15, -0.1) is 0 Å². The lowest BCUT2D eigenvalue weighted by atomic mass is 10.1. The first-order valence-corrected chi connectivity index (χ1v) is 4.43. The lowest BCUT2D eigenvalue weighted by Gasteiger charge is -2.07. The molecule has 0 saturated heterocycles. The number of hydrogen-bond acceptors (Lipinski definition) is 1. The van der Waals surface area contributed by atoms with Gasteiger partial charge < -0.3 is 0 Å². The van der Waals surface area contributed by atoms with E-state index in [9.17, 15) is 13.2 Å². The average Bonchev–Trinajstić information content (AvgIpc) is 2.07. The van der Waals surface area contributed by atoms with Crippen molar-refractivity contribution in [2.45, 2.75) is 32.6 Å². The standard InChI is InChI=1S/C10H12F3N/c1-6(2)7-3-8(11)9(14-5-7)4-10(12)13/h3,5-6,10H,4H2,1-2H3. The second kappa shape index (κ2) is 4.44. The Morgan fingerprint density at radius 1 is 1.36 bits per heavy atom. The van der Waals surface area contributed by atoms with Gasteiger partial charge in [0.1, 0.15) is 5.82 Å². The van der Waals surface area contributed by atoms with E-state index >= 15 is 0 Å². The maximum Gasteiger partial charge on any atom is 0.244 e. The van der Waals surface area contributed by atoms with Crippen molar-refractivity contribution >= 4 is 0 Å². The molecule has 0 amide bonds. The Morgan fingerprint density at radius 3 is 2.43 bits per heavy atom. The fourth-order valence-electron chi connectivity index (χ4n) is 1.09. The van der Waals surface area contributed by atoms with Crippen molar-refractivity contribution in [3.63, 3.8) is 0 Å². The number of hydrogen-bond donors (Lipinski definition) is 0. The lowest BCUT2D eigenvalue weighted by Crippen LogP contribution is -2.04. The first-order chi connectivity index (χ1) is 6.50. The van der Waals surface area contributed by atoms with Crippen molar-refractivity contribution in [3.05, 3.63) is 29.3 Å². The molecule has 0 radical (unpaired) electrons.